The highest BCUT2D eigenvalue weighted by atomic mass is 16.5. The number of aryl methyl sites for hydroxylation is 1. The van der Waals surface area contributed by atoms with Gasteiger partial charge in [0.2, 0.25) is 5.88 Å². The zero-order valence-corrected chi connectivity index (χ0v) is 18.1. The van der Waals surface area contributed by atoms with Gasteiger partial charge in [-0.2, -0.15) is 10.2 Å². The van der Waals surface area contributed by atoms with Crippen LogP contribution >= 0.6 is 0 Å². The van der Waals surface area contributed by atoms with Crippen LogP contribution in [0.3, 0.4) is 0 Å². The lowest BCUT2D eigenvalue weighted by Gasteiger charge is -2.20. The number of nitrogens with one attached hydrogen (secondary N) is 1. The second-order valence-corrected chi connectivity index (χ2v) is 7.79. The Bertz CT molecular complexity index is 1380. The minimum atomic E-state index is -0.434. The zero-order chi connectivity index (χ0) is 22.9. The monoisotopic (exact) mass is 446 g/mol. The molecule has 3 aromatic heterocycles. The standard InChI is InChI=1S/C23H22N6O4/c1-28-23(32-2)16-6-5-14(10-18(16)26-28)22(31)25-19-12-33-13-20(19)29-21(30)8-7-17(27-29)15-4-3-9-24-11-15/h3-11,19-20H,12-13H2,1-2H3,(H,25,31). The molecule has 1 aromatic carbocycles. The fourth-order valence-corrected chi connectivity index (χ4v) is 4.06. The summed E-state index contributed by atoms with van der Waals surface area (Å²) < 4.78 is 14.0. The van der Waals surface area contributed by atoms with Gasteiger partial charge in [0.1, 0.15) is 6.04 Å². The number of pyridine rings is 1. The van der Waals surface area contributed by atoms with Crippen LogP contribution in [0.4, 0.5) is 0 Å². The van der Waals surface area contributed by atoms with Gasteiger partial charge in [-0.05, 0) is 36.4 Å². The Morgan fingerprint density at radius 3 is 2.85 bits per heavy atom. The molecule has 10 nitrogen and oxygen atoms in total. The Kier molecular flexibility index (Phi) is 5.35. The van der Waals surface area contributed by atoms with E-state index in [-0.39, 0.29) is 24.7 Å². The maximum atomic E-state index is 13.0. The normalized spacial score (nSPS) is 17.9. The lowest BCUT2D eigenvalue weighted by molar-refractivity contribution is 0.0925. The predicted molar refractivity (Wildman–Crippen MR) is 120 cm³/mol. The molecule has 0 bridgehead atoms. The molecule has 4 heterocycles. The zero-order valence-electron chi connectivity index (χ0n) is 18.1. The van der Waals surface area contributed by atoms with Crippen molar-refractivity contribution in [2.45, 2.75) is 12.1 Å². The largest absolute Gasteiger partial charge is 0.481 e. The average molecular weight is 446 g/mol. The van der Waals surface area contributed by atoms with Crippen LogP contribution in [0.15, 0.2) is 59.7 Å². The van der Waals surface area contributed by atoms with Crippen LogP contribution in [0.1, 0.15) is 16.4 Å². The summed E-state index contributed by atoms with van der Waals surface area (Å²) in [5.41, 5.74) is 2.26. The number of aromatic nitrogens is 5. The van der Waals surface area contributed by atoms with Crippen LogP contribution in [-0.2, 0) is 11.8 Å². The molecule has 0 radical (unpaired) electrons. The minimum absolute atomic E-state index is 0.264. The van der Waals surface area contributed by atoms with E-state index in [4.69, 9.17) is 9.47 Å². The number of rotatable bonds is 5. The number of amides is 1. The first-order chi connectivity index (χ1) is 16.0. The van der Waals surface area contributed by atoms with Crippen molar-refractivity contribution in [2.24, 2.45) is 7.05 Å². The quantitative estimate of drug-likeness (QED) is 0.495. The summed E-state index contributed by atoms with van der Waals surface area (Å²) in [5.74, 6) is 0.346. The predicted octanol–water partition coefficient (Wildman–Crippen LogP) is 1.57. The molecule has 0 spiro atoms. The van der Waals surface area contributed by atoms with Crippen molar-refractivity contribution >= 4 is 16.8 Å². The summed E-state index contributed by atoms with van der Waals surface area (Å²) in [6.07, 6.45) is 3.36. The second-order valence-electron chi connectivity index (χ2n) is 7.79. The number of benzene rings is 1. The number of hydrogen-bond acceptors (Lipinski definition) is 7. The van der Waals surface area contributed by atoms with Gasteiger partial charge >= 0.3 is 0 Å². The van der Waals surface area contributed by atoms with Crippen molar-refractivity contribution in [3.63, 3.8) is 0 Å². The molecular formula is C23H22N6O4. The van der Waals surface area contributed by atoms with E-state index in [0.717, 1.165) is 10.9 Å². The van der Waals surface area contributed by atoms with E-state index >= 15 is 0 Å². The van der Waals surface area contributed by atoms with Gasteiger partial charge in [0.25, 0.3) is 11.5 Å². The average Bonchev–Trinajstić information content (AvgIpc) is 3.42. The molecular weight excluding hydrogens is 424 g/mol. The van der Waals surface area contributed by atoms with Gasteiger partial charge in [0.05, 0.1) is 43.0 Å². The molecule has 2 atom stereocenters. The maximum Gasteiger partial charge on any atom is 0.267 e. The second kappa shape index (κ2) is 8.47. The smallest absolute Gasteiger partial charge is 0.267 e. The number of methoxy groups -OCH3 is 1. The highest BCUT2D eigenvalue weighted by Crippen LogP contribution is 2.26. The summed E-state index contributed by atoms with van der Waals surface area (Å²) in [6.45, 7) is 0.548. The van der Waals surface area contributed by atoms with Crippen LogP contribution in [-0.4, -0.2) is 56.8 Å². The van der Waals surface area contributed by atoms with E-state index in [1.807, 2.05) is 18.2 Å². The molecule has 168 valence electrons. The molecule has 2 unspecified atom stereocenters. The molecule has 10 heteroatoms. The Balaban J connectivity index is 1.40. The molecule has 33 heavy (non-hydrogen) atoms. The van der Waals surface area contributed by atoms with Gasteiger partial charge < -0.3 is 14.8 Å². The number of hydrogen-bond donors (Lipinski definition) is 1. The molecule has 4 aromatic rings. The number of fused-ring (bicyclic) bond motifs is 1. The van der Waals surface area contributed by atoms with Crippen molar-refractivity contribution in [1.29, 1.82) is 0 Å². The van der Waals surface area contributed by atoms with Gasteiger partial charge in [-0.1, -0.05) is 0 Å². The maximum absolute atomic E-state index is 13.0. The topological polar surface area (TPSA) is 113 Å². The van der Waals surface area contributed by atoms with E-state index in [9.17, 15) is 9.59 Å². The van der Waals surface area contributed by atoms with Crippen LogP contribution in [0.25, 0.3) is 22.2 Å². The van der Waals surface area contributed by atoms with Crippen molar-refractivity contribution in [2.75, 3.05) is 20.3 Å². The number of ether oxygens (including phenoxy) is 2. The van der Waals surface area contributed by atoms with Crippen molar-refractivity contribution in [1.82, 2.24) is 29.9 Å². The molecule has 0 aliphatic carbocycles. The van der Waals surface area contributed by atoms with E-state index in [0.29, 0.717) is 22.7 Å². The number of carbonyl (C=O) groups is 1. The van der Waals surface area contributed by atoms with E-state index < -0.39 is 12.1 Å². The third-order valence-electron chi connectivity index (χ3n) is 5.70. The molecule has 5 rings (SSSR count). The Hall–Kier alpha value is -4.05. The number of nitrogens with zero attached hydrogens (tertiary/aromatic N) is 5. The van der Waals surface area contributed by atoms with Crippen molar-refractivity contribution in [3.8, 4) is 17.1 Å². The summed E-state index contributed by atoms with van der Waals surface area (Å²) in [7, 11) is 3.36. The SMILES string of the molecule is COc1c2ccc(C(=O)NC3COCC3n3nc(-c4cccnc4)ccc3=O)cc2nn1C. The number of carbonyl (C=O) groups excluding carboxylic acids is 1. The first kappa shape index (κ1) is 20.8. The van der Waals surface area contributed by atoms with E-state index in [2.05, 4.69) is 20.5 Å². The third-order valence-corrected chi connectivity index (χ3v) is 5.70. The van der Waals surface area contributed by atoms with Gasteiger partial charge in [-0.3, -0.25) is 14.6 Å². The molecule has 1 N–H and O–H groups in total. The fourth-order valence-electron chi connectivity index (χ4n) is 4.06. The lowest BCUT2D eigenvalue weighted by Crippen LogP contribution is -2.44. The molecule has 1 saturated heterocycles. The summed E-state index contributed by atoms with van der Waals surface area (Å²) in [6, 6.07) is 11.2. The summed E-state index contributed by atoms with van der Waals surface area (Å²) in [5, 5.41) is 12.7. The molecule has 1 amide bonds. The highest BCUT2D eigenvalue weighted by Gasteiger charge is 2.33. The fraction of sp³-hybridized carbons (Fsp3) is 0.261. The third kappa shape index (κ3) is 3.85. The molecule has 1 aliphatic rings. The van der Waals surface area contributed by atoms with Gasteiger partial charge in [0, 0.05) is 36.6 Å². The Morgan fingerprint density at radius 2 is 2.06 bits per heavy atom. The van der Waals surface area contributed by atoms with Gasteiger partial charge in [0.15, 0.2) is 0 Å². The van der Waals surface area contributed by atoms with Gasteiger partial charge in [-0.15, -0.1) is 0 Å². The van der Waals surface area contributed by atoms with Gasteiger partial charge in [-0.25, -0.2) is 9.36 Å². The first-order valence-electron chi connectivity index (χ1n) is 10.4. The Labute approximate surface area is 188 Å². The van der Waals surface area contributed by atoms with E-state index in [1.165, 1.54) is 10.7 Å². The summed E-state index contributed by atoms with van der Waals surface area (Å²) in [4.78, 5) is 29.7. The lowest BCUT2D eigenvalue weighted by atomic mass is 10.1. The van der Waals surface area contributed by atoms with Crippen LogP contribution < -0.4 is 15.6 Å². The first-order valence-corrected chi connectivity index (χ1v) is 10.4. The Morgan fingerprint density at radius 1 is 1.18 bits per heavy atom. The van der Waals surface area contributed by atoms with Crippen molar-refractivity contribution in [3.05, 3.63) is 70.8 Å². The highest BCUT2D eigenvalue weighted by molar-refractivity contribution is 5.98. The van der Waals surface area contributed by atoms with Crippen LogP contribution in [0.2, 0.25) is 0 Å². The summed E-state index contributed by atoms with van der Waals surface area (Å²) >= 11 is 0. The van der Waals surface area contributed by atoms with E-state index in [1.54, 1.807) is 49.4 Å². The van der Waals surface area contributed by atoms with Crippen molar-refractivity contribution < 1.29 is 14.3 Å². The molecule has 1 fully saturated rings. The van der Waals surface area contributed by atoms with Crippen LogP contribution in [0, 0.1) is 0 Å². The molecule has 0 saturated carbocycles. The van der Waals surface area contributed by atoms with Crippen LogP contribution in [0.5, 0.6) is 5.88 Å². The minimum Gasteiger partial charge on any atom is -0.481 e. The molecule has 1 aliphatic heterocycles.